The molecule has 0 radical (unpaired) electrons. The molecule has 148 valence electrons. The van der Waals surface area contributed by atoms with Gasteiger partial charge in [-0.05, 0) is 44.0 Å². The van der Waals surface area contributed by atoms with E-state index in [-0.39, 0.29) is 25.4 Å². The zero-order chi connectivity index (χ0) is 19.0. The number of hydrogen-bond donors (Lipinski definition) is 2. The zero-order valence-corrected chi connectivity index (χ0v) is 15.4. The van der Waals surface area contributed by atoms with Gasteiger partial charge in [-0.3, -0.25) is 15.0 Å². The van der Waals surface area contributed by atoms with Crippen molar-refractivity contribution in [2.45, 2.75) is 33.7 Å². The van der Waals surface area contributed by atoms with Crippen molar-refractivity contribution in [3.05, 3.63) is 41.7 Å². The third kappa shape index (κ3) is 3.37. The van der Waals surface area contributed by atoms with Crippen LogP contribution >= 0.6 is 0 Å². The lowest BCUT2D eigenvalue weighted by atomic mass is 10.1. The first-order valence-electron chi connectivity index (χ1n) is 9.14. The Bertz CT molecular complexity index is 886. The van der Waals surface area contributed by atoms with Crippen molar-refractivity contribution in [1.82, 2.24) is 15.3 Å². The molecule has 8 heteroatoms. The number of aryl methyl sites for hydroxylation is 1. The van der Waals surface area contributed by atoms with Gasteiger partial charge in [0.15, 0.2) is 5.82 Å². The van der Waals surface area contributed by atoms with Gasteiger partial charge in [0, 0.05) is 25.8 Å². The van der Waals surface area contributed by atoms with Crippen molar-refractivity contribution < 1.29 is 9.59 Å². The van der Waals surface area contributed by atoms with E-state index in [2.05, 4.69) is 25.5 Å². The lowest BCUT2D eigenvalue weighted by Gasteiger charge is -2.36. The molecule has 2 N–H and O–H groups in total. The summed E-state index contributed by atoms with van der Waals surface area (Å²) in [5.74, 6) is 0.793. The van der Waals surface area contributed by atoms with Gasteiger partial charge in [0.25, 0.3) is 5.91 Å². The predicted octanol–water partition coefficient (Wildman–Crippen LogP) is 2.80. The largest absolute Gasteiger partial charge is 0.366 e. The number of nitrogens with zero attached hydrogens (tertiary/aromatic N) is 4. The Morgan fingerprint density at radius 1 is 1.32 bits per heavy atom. The first-order chi connectivity index (χ1) is 13.1. The van der Waals surface area contributed by atoms with Gasteiger partial charge >= 0.3 is 6.03 Å². The second-order valence-electron chi connectivity index (χ2n) is 6.76. The molecule has 3 amide bonds. The number of fused-ring (bicyclic) bond motifs is 4. The molecule has 4 rings (SSSR count). The molecule has 2 aromatic heterocycles. The maximum atomic E-state index is 13.1. The Morgan fingerprint density at radius 2 is 2.14 bits per heavy atom. The third-order valence-corrected chi connectivity index (χ3v) is 4.93. The molecule has 2 aliphatic heterocycles. The highest BCUT2D eigenvalue weighted by Crippen LogP contribution is 2.41. The lowest BCUT2D eigenvalue weighted by molar-refractivity contribution is 0.0950. The normalized spacial score (nSPS) is 16.9. The van der Waals surface area contributed by atoms with Gasteiger partial charge in [0.05, 0.1) is 11.7 Å². The van der Waals surface area contributed by atoms with E-state index < -0.39 is 0 Å². The van der Waals surface area contributed by atoms with E-state index in [1.807, 2.05) is 19.9 Å². The average Bonchev–Trinajstić information content (AvgIpc) is 3.06. The molecule has 0 aromatic carbocycles. The lowest BCUT2D eigenvalue weighted by Crippen LogP contribution is -2.49. The highest BCUT2D eigenvalue weighted by Gasteiger charge is 2.41. The number of amides is 3. The van der Waals surface area contributed by atoms with Gasteiger partial charge in [-0.1, -0.05) is 13.5 Å². The Balaban J connectivity index is 0.00000225. The Morgan fingerprint density at radius 3 is 2.86 bits per heavy atom. The van der Waals surface area contributed by atoms with Crippen LogP contribution in [0.4, 0.5) is 22.1 Å². The van der Waals surface area contributed by atoms with Crippen LogP contribution in [0.3, 0.4) is 0 Å². The number of carbonyl (C=O) groups is 2. The number of urea groups is 1. The summed E-state index contributed by atoms with van der Waals surface area (Å²) in [7, 11) is 0. The first-order valence-corrected chi connectivity index (χ1v) is 9.14. The standard InChI is InChI=1S/C19H22N6O2.CH4/c1-3-20-18(26)14-10-12(2)16-17(22-14)25(13-7-9-24(16)11-13)19(27)23-15-6-4-5-8-21-15;/h4-6,8,10,13H,3,7,9,11H2,1-2H3,(H,20,26)(H,21,23,27);1H4. The fraction of sp³-hybridized carbons (Fsp3) is 0.400. The van der Waals surface area contributed by atoms with Crippen LogP contribution in [0.25, 0.3) is 0 Å². The fourth-order valence-corrected chi connectivity index (χ4v) is 3.77. The van der Waals surface area contributed by atoms with E-state index in [1.54, 1.807) is 29.3 Å². The topological polar surface area (TPSA) is 90.5 Å². The van der Waals surface area contributed by atoms with E-state index in [9.17, 15) is 9.59 Å². The fourth-order valence-electron chi connectivity index (χ4n) is 3.77. The Labute approximate surface area is 165 Å². The van der Waals surface area contributed by atoms with E-state index in [1.165, 1.54) is 0 Å². The molecule has 2 aromatic rings. The second-order valence-corrected chi connectivity index (χ2v) is 6.76. The highest BCUT2D eigenvalue weighted by atomic mass is 16.2. The van der Waals surface area contributed by atoms with Crippen molar-refractivity contribution in [3.8, 4) is 0 Å². The minimum Gasteiger partial charge on any atom is -0.366 e. The Hall–Kier alpha value is -3.16. The molecule has 28 heavy (non-hydrogen) atoms. The number of pyridine rings is 2. The smallest absolute Gasteiger partial charge is 0.329 e. The number of anilines is 3. The molecule has 8 nitrogen and oxygen atoms in total. The van der Waals surface area contributed by atoms with Crippen molar-refractivity contribution in [2.24, 2.45) is 0 Å². The van der Waals surface area contributed by atoms with Gasteiger partial charge in [-0.15, -0.1) is 0 Å². The van der Waals surface area contributed by atoms with Crippen LogP contribution < -0.4 is 20.4 Å². The summed E-state index contributed by atoms with van der Waals surface area (Å²) in [6, 6.07) is 6.90. The van der Waals surface area contributed by atoms with Crippen LogP contribution in [0.15, 0.2) is 30.5 Å². The average molecular weight is 382 g/mol. The summed E-state index contributed by atoms with van der Waals surface area (Å²) in [6.07, 6.45) is 2.49. The quantitative estimate of drug-likeness (QED) is 0.852. The zero-order valence-electron chi connectivity index (χ0n) is 15.4. The minimum absolute atomic E-state index is 0. The number of aromatic nitrogens is 2. The summed E-state index contributed by atoms with van der Waals surface area (Å²) in [4.78, 5) is 38.0. The van der Waals surface area contributed by atoms with Crippen LogP contribution in [0, 0.1) is 6.92 Å². The van der Waals surface area contributed by atoms with Gasteiger partial charge < -0.3 is 10.2 Å². The van der Waals surface area contributed by atoms with Crippen molar-refractivity contribution in [3.63, 3.8) is 0 Å². The van der Waals surface area contributed by atoms with Crippen molar-refractivity contribution in [1.29, 1.82) is 0 Å². The van der Waals surface area contributed by atoms with E-state index in [0.717, 1.165) is 30.8 Å². The SMILES string of the molecule is C.CCNC(=O)c1cc(C)c2c(n1)N(C(=O)Nc1ccccn1)C1CCN2C1. The summed E-state index contributed by atoms with van der Waals surface area (Å²) in [5, 5.41) is 5.62. The first kappa shape index (κ1) is 19.6. The predicted molar refractivity (Wildman–Crippen MR) is 110 cm³/mol. The molecule has 0 saturated carbocycles. The van der Waals surface area contributed by atoms with E-state index in [0.29, 0.717) is 23.9 Å². The van der Waals surface area contributed by atoms with Crippen LogP contribution in [-0.4, -0.2) is 47.6 Å². The molecule has 0 spiro atoms. The van der Waals surface area contributed by atoms with Crippen LogP contribution in [0.1, 0.15) is 36.8 Å². The minimum atomic E-state index is -0.276. The molecule has 4 heterocycles. The molecule has 1 unspecified atom stereocenters. The van der Waals surface area contributed by atoms with Crippen molar-refractivity contribution >= 4 is 29.3 Å². The molecule has 1 fully saturated rings. The van der Waals surface area contributed by atoms with Gasteiger partial charge in [-0.25, -0.2) is 14.8 Å². The molecule has 1 atom stereocenters. The summed E-state index contributed by atoms with van der Waals surface area (Å²) < 4.78 is 0. The number of carbonyl (C=O) groups excluding carboxylic acids is 2. The number of rotatable bonds is 3. The van der Waals surface area contributed by atoms with Crippen LogP contribution in [0.2, 0.25) is 0 Å². The van der Waals surface area contributed by atoms with Crippen LogP contribution in [-0.2, 0) is 0 Å². The van der Waals surface area contributed by atoms with E-state index >= 15 is 0 Å². The monoisotopic (exact) mass is 382 g/mol. The molecular formula is C20H26N6O2. The van der Waals surface area contributed by atoms with Gasteiger partial charge in [0.2, 0.25) is 0 Å². The summed E-state index contributed by atoms with van der Waals surface area (Å²) in [5.41, 5.74) is 2.19. The molecule has 1 saturated heterocycles. The Kier molecular flexibility index (Phi) is 5.48. The van der Waals surface area contributed by atoms with Crippen LogP contribution in [0.5, 0.6) is 0 Å². The maximum absolute atomic E-state index is 13.1. The van der Waals surface area contributed by atoms with Gasteiger partial charge in [-0.2, -0.15) is 0 Å². The molecule has 2 aliphatic rings. The highest BCUT2D eigenvalue weighted by molar-refractivity contribution is 6.05. The van der Waals surface area contributed by atoms with Gasteiger partial charge in [0.1, 0.15) is 11.5 Å². The molecular weight excluding hydrogens is 356 g/mol. The summed E-state index contributed by atoms with van der Waals surface area (Å²) >= 11 is 0. The maximum Gasteiger partial charge on any atom is 0.329 e. The summed E-state index contributed by atoms with van der Waals surface area (Å²) in [6.45, 7) is 5.98. The number of nitrogens with one attached hydrogen (secondary N) is 2. The number of hydrogen-bond acceptors (Lipinski definition) is 5. The molecule has 2 bridgehead atoms. The van der Waals surface area contributed by atoms with Crippen molar-refractivity contribution in [2.75, 3.05) is 34.8 Å². The third-order valence-electron chi connectivity index (χ3n) is 4.93. The molecule has 0 aliphatic carbocycles. The second kappa shape index (κ2) is 7.84. The van der Waals surface area contributed by atoms with E-state index in [4.69, 9.17) is 0 Å².